The highest BCUT2D eigenvalue weighted by Crippen LogP contribution is 2.30. The van der Waals surface area contributed by atoms with Crippen LogP contribution in [-0.2, 0) is 10.0 Å². The third-order valence-corrected chi connectivity index (χ3v) is 4.31. The Morgan fingerprint density at radius 1 is 1.00 bits per heavy atom. The predicted octanol–water partition coefficient (Wildman–Crippen LogP) is 1.88. The molecule has 0 radical (unpaired) electrons. The Balaban J connectivity index is 2.88. The van der Waals surface area contributed by atoms with Gasteiger partial charge in [-0.3, -0.25) is 0 Å². The molecule has 0 aromatic rings. The van der Waals surface area contributed by atoms with Crippen LogP contribution in [0.2, 0.25) is 0 Å². The van der Waals surface area contributed by atoms with E-state index >= 15 is 0 Å². The fourth-order valence-electron chi connectivity index (χ4n) is 1.86. The van der Waals surface area contributed by atoms with Gasteiger partial charge in [-0.25, -0.2) is 13.4 Å². The lowest BCUT2D eigenvalue weighted by Gasteiger charge is -2.44. The first-order valence-electron chi connectivity index (χ1n) is 5.76. The van der Waals surface area contributed by atoms with E-state index in [0.29, 0.717) is 0 Å². The Hall–Kier alpha value is -0.130. The van der Waals surface area contributed by atoms with E-state index in [-0.39, 0.29) is 16.3 Å². The molecule has 1 aliphatic rings. The second-order valence-electron chi connectivity index (χ2n) is 6.51. The second kappa shape index (κ2) is 3.96. The SMILES string of the molecule is CC(C)(C)N(NS(=O)(=O)C1CC1)C(C)(C)C. The van der Waals surface area contributed by atoms with Crippen molar-refractivity contribution in [2.45, 2.75) is 70.7 Å². The van der Waals surface area contributed by atoms with Gasteiger partial charge in [0.1, 0.15) is 0 Å². The van der Waals surface area contributed by atoms with Crippen molar-refractivity contribution in [1.29, 1.82) is 0 Å². The molecule has 0 heterocycles. The Bertz CT molecular complexity index is 331. The van der Waals surface area contributed by atoms with E-state index < -0.39 is 10.0 Å². The summed E-state index contributed by atoms with van der Waals surface area (Å²) in [5, 5.41) is 1.65. The van der Waals surface area contributed by atoms with Crippen LogP contribution in [-0.4, -0.2) is 29.8 Å². The van der Waals surface area contributed by atoms with Crippen LogP contribution in [0.25, 0.3) is 0 Å². The van der Waals surface area contributed by atoms with Crippen molar-refractivity contribution in [2.75, 3.05) is 0 Å². The molecule has 0 bridgehead atoms. The highest BCUT2D eigenvalue weighted by atomic mass is 32.2. The minimum absolute atomic E-state index is 0.181. The smallest absolute Gasteiger partial charge is 0.220 e. The molecule has 0 aromatic carbocycles. The highest BCUT2D eigenvalue weighted by Gasteiger charge is 2.41. The standard InChI is InChI=1S/C11H24N2O2S/c1-10(2,3)13(11(4,5)6)12-16(14,15)9-7-8-9/h9,12H,7-8H2,1-6H3. The van der Waals surface area contributed by atoms with Crippen molar-refractivity contribution in [3.63, 3.8) is 0 Å². The largest absolute Gasteiger partial charge is 0.227 e. The monoisotopic (exact) mass is 248 g/mol. The molecule has 0 aromatic heterocycles. The molecule has 4 nitrogen and oxygen atoms in total. The minimum atomic E-state index is -3.18. The number of nitrogens with zero attached hydrogens (tertiary/aromatic N) is 1. The van der Waals surface area contributed by atoms with Crippen molar-refractivity contribution < 1.29 is 8.42 Å². The van der Waals surface area contributed by atoms with E-state index in [0.717, 1.165) is 12.8 Å². The van der Waals surface area contributed by atoms with Crippen LogP contribution >= 0.6 is 0 Å². The number of hydrogen-bond donors (Lipinski definition) is 1. The molecule has 96 valence electrons. The third-order valence-electron chi connectivity index (χ3n) is 2.52. The number of rotatable bonds is 3. The quantitative estimate of drug-likeness (QED) is 0.776. The summed E-state index contributed by atoms with van der Waals surface area (Å²) in [6.07, 6.45) is 1.58. The van der Waals surface area contributed by atoms with Gasteiger partial charge in [0.25, 0.3) is 0 Å². The number of sulfonamides is 1. The average molecular weight is 248 g/mol. The van der Waals surface area contributed by atoms with Crippen molar-refractivity contribution in [3.8, 4) is 0 Å². The molecule has 16 heavy (non-hydrogen) atoms. The summed E-state index contributed by atoms with van der Waals surface area (Å²) in [6, 6.07) is 0. The maximum absolute atomic E-state index is 11.9. The first-order chi connectivity index (χ1) is 6.94. The zero-order chi connectivity index (χ0) is 12.8. The molecule has 1 aliphatic carbocycles. The van der Waals surface area contributed by atoms with Crippen LogP contribution in [0.1, 0.15) is 54.4 Å². The Labute approximate surface area is 99.4 Å². The van der Waals surface area contributed by atoms with Gasteiger partial charge in [0.15, 0.2) is 0 Å². The molecule has 0 atom stereocenters. The Morgan fingerprint density at radius 3 is 1.62 bits per heavy atom. The van der Waals surface area contributed by atoms with Crippen LogP contribution in [0.5, 0.6) is 0 Å². The van der Waals surface area contributed by atoms with Gasteiger partial charge in [0, 0.05) is 11.1 Å². The molecule has 0 spiro atoms. The van der Waals surface area contributed by atoms with E-state index in [1.54, 1.807) is 0 Å². The Kier molecular flexibility index (Phi) is 3.45. The molecular formula is C11H24N2O2S. The van der Waals surface area contributed by atoms with Crippen LogP contribution in [0.3, 0.4) is 0 Å². The summed E-state index contributed by atoms with van der Waals surface area (Å²) >= 11 is 0. The van der Waals surface area contributed by atoms with Gasteiger partial charge in [0.2, 0.25) is 10.0 Å². The van der Waals surface area contributed by atoms with E-state index in [2.05, 4.69) is 4.83 Å². The number of hydrazine groups is 1. The summed E-state index contributed by atoms with van der Waals surface area (Å²) in [6.45, 7) is 12.0. The van der Waals surface area contributed by atoms with Gasteiger partial charge >= 0.3 is 0 Å². The number of nitrogens with one attached hydrogen (secondary N) is 1. The summed E-state index contributed by atoms with van der Waals surface area (Å²) < 4.78 is 23.9. The van der Waals surface area contributed by atoms with Gasteiger partial charge in [0.05, 0.1) is 5.25 Å². The van der Waals surface area contributed by atoms with Crippen LogP contribution in [0, 0.1) is 0 Å². The molecule has 0 aliphatic heterocycles. The minimum Gasteiger partial charge on any atom is -0.220 e. The lowest BCUT2D eigenvalue weighted by atomic mass is 9.99. The van der Waals surface area contributed by atoms with Crippen LogP contribution < -0.4 is 4.83 Å². The van der Waals surface area contributed by atoms with E-state index in [9.17, 15) is 8.42 Å². The Morgan fingerprint density at radius 2 is 1.38 bits per heavy atom. The van der Waals surface area contributed by atoms with Crippen LogP contribution in [0.15, 0.2) is 0 Å². The third kappa shape index (κ3) is 3.43. The van der Waals surface area contributed by atoms with Gasteiger partial charge in [-0.1, -0.05) is 0 Å². The van der Waals surface area contributed by atoms with Crippen molar-refractivity contribution in [2.24, 2.45) is 0 Å². The summed E-state index contributed by atoms with van der Waals surface area (Å²) in [7, 11) is -3.18. The van der Waals surface area contributed by atoms with Gasteiger partial charge in [-0.05, 0) is 54.4 Å². The van der Waals surface area contributed by atoms with Crippen molar-refractivity contribution in [3.05, 3.63) is 0 Å². The fourth-order valence-corrected chi connectivity index (χ4v) is 3.57. The second-order valence-corrected chi connectivity index (χ2v) is 8.45. The lowest BCUT2D eigenvalue weighted by molar-refractivity contribution is 0.0142. The van der Waals surface area contributed by atoms with Gasteiger partial charge < -0.3 is 0 Å². The molecule has 0 saturated heterocycles. The molecule has 0 unspecified atom stereocenters. The first kappa shape index (κ1) is 13.9. The van der Waals surface area contributed by atoms with E-state index in [4.69, 9.17) is 0 Å². The molecule has 1 fully saturated rings. The molecule has 0 amide bonds. The highest BCUT2D eigenvalue weighted by molar-refractivity contribution is 7.90. The molecule has 1 rings (SSSR count). The predicted molar refractivity (Wildman–Crippen MR) is 66.4 cm³/mol. The van der Waals surface area contributed by atoms with Crippen LogP contribution in [0.4, 0.5) is 0 Å². The van der Waals surface area contributed by atoms with Crippen molar-refractivity contribution >= 4 is 10.0 Å². The van der Waals surface area contributed by atoms with E-state index in [1.165, 1.54) is 0 Å². The fraction of sp³-hybridized carbons (Fsp3) is 1.00. The average Bonchev–Trinajstić information content (AvgIpc) is 2.77. The molecule has 1 N–H and O–H groups in total. The molecule has 1 saturated carbocycles. The summed E-state index contributed by atoms with van der Waals surface area (Å²) in [4.78, 5) is 2.74. The maximum atomic E-state index is 11.9. The first-order valence-corrected chi connectivity index (χ1v) is 7.31. The summed E-state index contributed by atoms with van der Waals surface area (Å²) in [5.74, 6) is 0. The van der Waals surface area contributed by atoms with E-state index in [1.807, 2.05) is 46.6 Å². The maximum Gasteiger partial charge on any atom is 0.227 e. The molecular weight excluding hydrogens is 224 g/mol. The van der Waals surface area contributed by atoms with Gasteiger partial charge in [-0.2, -0.15) is 0 Å². The topological polar surface area (TPSA) is 49.4 Å². The zero-order valence-electron chi connectivity index (χ0n) is 11.2. The van der Waals surface area contributed by atoms with Gasteiger partial charge in [-0.15, -0.1) is 4.83 Å². The number of hydrogen-bond acceptors (Lipinski definition) is 3. The lowest BCUT2D eigenvalue weighted by Crippen LogP contribution is -2.61. The normalized spacial score (nSPS) is 19.2. The molecule has 5 heteroatoms. The zero-order valence-corrected chi connectivity index (χ0v) is 12.0. The summed E-state index contributed by atoms with van der Waals surface area (Å²) in [5.41, 5.74) is -0.472. The van der Waals surface area contributed by atoms with Crippen molar-refractivity contribution in [1.82, 2.24) is 9.84 Å².